The molecule has 0 spiro atoms. The van der Waals surface area contributed by atoms with E-state index in [4.69, 9.17) is 9.47 Å². The molecule has 9 nitrogen and oxygen atoms in total. The first-order valence-electron chi connectivity index (χ1n) is 9.49. The molecule has 0 bridgehead atoms. The van der Waals surface area contributed by atoms with Gasteiger partial charge in [0.1, 0.15) is 12.1 Å². The summed E-state index contributed by atoms with van der Waals surface area (Å²) in [7, 11) is 1.36. The summed E-state index contributed by atoms with van der Waals surface area (Å²) in [5.74, 6) is -1.61. The van der Waals surface area contributed by atoms with Crippen LogP contribution in [-0.4, -0.2) is 51.0 Å². The number of hydrogen-bond acceptors (Lipinski definition) is 7. The van der Waals surface area contributed by atoms with Crippen LogP contribution in [0.5, 0.6) is 11.5 Å². The number of aromatic nitrogens is 3. The second-order valence-corrected chi connectivity index (χ2v) is 6.94. The highest BCUT2D eigenvalue weighted by atomic mass is 16.5. The molecule has 9 heteroatoms. The Morgan fingerprint density at radius 1 is 1.17 bits per heavy atom. The topological polar surface area (TPSA) is 116 Å². The van der Waals surface area contributed by atoms with E-state index in [0.29, 0.717) is 0 Å². The number of carbonyl (C=O) groups is 2. The normalized spacial score (nSPS) is 14.0. The molecule has 30 heavy (non-hydrogen) atoms. The van der Waals surface area contributed by atoms with Crippen molar-refractivity contribution < 1.29 is 24.2 Å². The Morgan fingerprint density at radius 2 is 1.90 bits per heavy atom. The fourth-order valence-electron chi connectivity index (χ4n) is 2.99. The number of benzene rings is 1. The molecule has 0 radical (unpaired) electrons. The van der Waals surface area contributed by atoms with Gasteiger partial charge >= 0.3 is 5.97 Å². The summed E-state index contributed by atoms with van der Waals surface area (Å²) in [5.41, 5.74) is 0.701. The van der Waals surface area contributed by atoms with Gasteiger partial charge in [-0.25, -0.2) is 9.78 Å². The Hall–Kier alpha value is -3.62. The summed E-state index contributed by atoms with van der Waals surface area (Å²) in [5, 5.41) is 17.9. The number of amides is 1. The largest absolute Gasteiger partial charge is 0.503 e. The molecule has 0 aliphatic carbocycles. The number of fused-ring (bicyclic) bond motifs is 1. The third-order valence-corrected chi connectivity index (χ3v) is 4.90. The average Bonchev–Trinajstić information content (AvgIpc) is 3.17. The molecule has 3 rings (SSSR count). The molecule has 2 N–H and O–H groups in total. The molecule has 1 amide bonds. The highest BCUT2D eigenvalue weighted by molar-refractivity contribution is 5.97. The monoisotopic (exact) mass is 412 g/mol. The zero-order valence-corrected chi connectivity index (χ0v) is 17.2. The molecule has 2 aromatic heterocycles. The lowest BCUT2D eigenvalue weighted by atomic mass is 10.2. The van der Waals surface area contributed by atoms with Gasteiger partial charge in [-0.15, -0.1) is 0 Å². The van der Waals surface area contributed by atoms with Crippen LogP contribution in [-0.2, 0) is 9.53 Å². The molecule has 0 aliphatic heterocycles. The third-order valence-electron chi connectivity index (χ3n) is 4.90. The number of para-hydroxylation sites is 1. The molecule has 2 heterocycles. The number of nitrogens with zero attached hydrogens (tertiary/aromatic N) is 3. The summed E-state index contributed by atoms with van der Waals surface area (Å²) in [4.78, 5) is 28.7. The van der Waals surface area contributed by atoms with Crippen molar-refractivity contribution in [2.75, 3.05) is 7.11 Å². The second-order valence-electron chi connectivity index (χ2n) is 6.94. The van der Waals surface area contributed by atoms with E-state index in [2.05, 4.69) is 15.4 Å². The van der Waals surface area contributed by atoms with E-state index in [-0.39, 0.29) is 17.5 Å². The number of pyridine rings is 1. The fraction of sp³-hybridized carbons (Fsp3) is 0.333. The lowest BCUT2D eigenvalue weighted by Crippen LogP contribution is -2.41. The van der Waals surface area contributed by atoms with Crippen LogP contribution in [0.4, 0.5) is 0 Å². The van der Waals surface area contributed by atoms with E-state index in [1.807, 2.05) is 31.2 Å². The van der Waals surface area contributed by atoms with Crippen molar-refractivity contribution in [3.05, 3.63) is 48.4 Å². The van der Waals surface area contributed by atoms with Gasteiger partial charge in [0.15, 0.2) is 17.2 Å². The predicted octanol–water partition coefficient (Wildman–Crippen LogP) is 2.46. The zero-order valence-electron chi connectivity index (χ0n) is 17.2. The number of ether oxygens (including phenoxy) is 2. The van der Waals surface area contributed by atoms with E-state index >= 15 is 0 Å². The summed E-state index contributed by atoms with van der Waals surface area (Å²) in [6.07, 6.45) is 2.59. The number of hydrogen-bond donors (Lipinski definition) is 2. The first-order valence-corrected chi connectivity index (χ1v) is 9.49. The summed E-state index contributed by atoms with van der Waals surface area (Å²) in [6.45, 7) is 5.17. The molecule has 0 saturated carbocycles. The fourth-order valence-corrected chi connectivity index (χ4v) is 2.99. The lowest BCUT2D eigenvalue weighted by Gasteiger charge is -2.23. The Balaban J connectivity index is 1.64. The molecule has 1 aromatic carbocycles. The van der Waals surface area contributed by atoms with E-state index in [0.717, 1.165) is 10.9 Å². The van der Waals surface area contributed by atoms with Crippen LogP contribution in [0.3, 0.4) is 0 Å². The van der Waals surface area contributed by atoms with Crippen LogP contribution in [0.2, 0.25) is 0 Å². The quantitative estimate of drug-likeness (QED) is 0.573. The maximum absolute atomic E-state index is 12.5. The van der Waals surface area contributed by atoms with Crippen LogP contribution < -0.4 is 10.1 Å². The van der Waals surface area contributed by atoms with E-state index in [9.17, 15) is 14.7 Å². The highest BCUT2D eigenvalue weighted by Crippen LogP contribution is 2.27. The van der Waals surface area contributed by atoms with Gasteiger partial charge in [0.25, 0.3) is 5.91 Å². The molecule has 0 saturated heterocycles. The number of nitrogens with one attached hydrogen (secondary N) is 1. The van der Waals surface area contributed by atoms with Gasteiger partial charge in [0.2, 0.25) is 0 Å². The number of carbonyl (C=O) groups excluding carboxylic acids is 2. The van der Waals surface area contributed by atoms with E-state index < -0.39 is 29.8 Å². The van der Waals surface area contributed by atoms with Gasteiger partial charge in [-0.2, -0.15) is 5.10 Å². The SMILES string of the molecule is COc1ccnc(C(=O)N[C@@H](C)C(=O)OC(C)C(C)n2ncc3ccccc32)c1O. The Kier molecular flexibility index (Phi) is 6.20. The maximum atomic E-state index is 12.5. The van der Waals surface area contributed by atoms with E-state index in [1.165, 1.54) is 26.3 Å². The van der Waals surface area contributed by atoms with Crippen LogP contribution in [0.1, 0.15) is 37.3 Å². The van der Waals surface area contributed by atoms with Gasteiger partial charge < -0.3 is 19.9 Å². The van der Waals surface area contributed by atoms with E-state index in [1.54, 1.807) is 17.8 Å². The van der Waals surface area contributed by atoms with Gasteiger partial charge in [0.05, 0.1) is 24.9 Å². The van der Waals surface area contributed by atoms with Crippen molar-refractivity contribution in [2.45, 2.75) is 39.0 Å². The van der Waals surface area contributed by atoms with Gasteiger partial charge in [-0.05, 0) is 26.8 Å². The minimum absolute atomic E-state index is 0.110. The van der Waals surface area contributed by atoms with Crippen LogP contribution in [0.15, 0.2) is 42.7 Å². The first kappa shape index (κ1) is 21.1. The molecule has 3 atom stereocenters. The molecular formula is C21H24N4O5. The molecule has 0 aliphatic rings. The van der Waals surface area contributed by atoms with Gasteiger partial charge in [0, 0.05) is 17.6 Å². The van der Waals surface area contributed by atoms with Crippen LogP contribution >= 0.6 is 0 Å². The Bertz CT molecular complexity index is 1060. The van der Waals surface area contributed by atoms with Gasteiger partial charge in [-0.3, -0.25) is 9.48 Å². The van der Waals surface area contributed by atoms with Crippen LogP contribution in [0, 0.1) is 0 Å². The molecular weight excluding hydrogens is 388 g/mol. The Labute approximate surface area is 173 Å². The summed E-state index contributed by atoms with van der Waals surface area (Å²) >= 11 is 0. The third kappa shape index (κ3) is 4.19. The Morgan fingerprint density at radius 3 is 2.63 bits per heavy atom. The number of rotatable bonds is 7. The van der Waals surface area contributed by atoms with Crippen molar-refractivity contribution in [1.82, 2.24) is 20.1 Å². The number of methoxy groups -OCH3 is 1. The average molecular weight is 412 g/mol. The highest BCUT2D eigenvalue weighted by Gasteiger charge is 2.26. The van der Waals surface area contributed by atoms with Crippen molar-refractivity contribution >= 4 is 22.8 Å². The number of aromatic hydroxyl groups is 1. The second kappa shape index (κ2) is 8.81. The minimum atomic E-state index is -0.950. The minimum Gasteiger partial charge on any atom is -0.503 e. The first-order chi connectivity index (χ1) is 14.3. The molecule has 0 fully saturated rings. The van der Waals surface area contributed by atoms with Crippen molar-refractivity contribution in [1.29, 1.82) is 0 Å². The van der Waals surface area contributed by atoms with Crippen molar-refractivity contribution in [2.24, 2.45) is 0 Å². The summed E-state index contributed by atoms with van der Waals surface area (Å²) in [6, 6.07) is 8.01. The molecule has 2 unspecified atom stereocenters. The van der Waals surface area contributed by atoms with Crippen molar-refractivity contribution in [3.8, 4) is 11.5 Å². The zero-order chi connectivity index (χ0) is 21.8. The predicted molar refractivity (Wildman–Crippen MR) is 109 cm³/mol. The number of esters is 1. The molecule has 158 valence electrons. The molecule has 3 aromatic rings. The van der Waals surface area contributed by atoms with Gasteiger partial charge in [-0.1, -0.05) is 18.2 Å². The maximum Gasteiger partial charge on any atom is 0.328 e. The standard InChI is InChI=1S/C21H24N4O5/c1-12(24-20(27)18-19(26)17(29-4)9-10-22-18)21(28)30-14(3)13(2)25-16-8-6-5-7-15(16)11-23-25/h5-14,26H,1-4H3,(H,24,27)/t12-,13?,14?/m0/s1. The van der Waals surface area contributed by atoms with Crippen LogP contribution in [0.25, 0.3) is 10.9 Å². The smallest absolute Gasteiger partial charge is 0.328 e. The summed E-state index contributed by atoms with van der Waals surface area (Å²) < 4.78 is 12.3. The van der Waals surface area contributed by atoms with Crippen molar-refractivity contribution in [3.63, 3.8) is 0 Å². The lowest BCUT2D eigenvalue weighted by molar-refractivity contribution is -0.152.